The maximum atomic E-state index is 12.9. The Balaban J connectivity index is 1.14. The highest BCUT2D eigenvalue weighted by atomic mass is 16.7. The van der Waals surface area contributed by atoms with Gasteiger partial charge in [0.1, 0.15) is 5.75 Å². The zero-order chi connectivity index (χ0) is 21.2. The van der Waals surface area contributed by atoms with Gasteiger partial charge < -0.3 is 19.1 Å². The summed E-state index contributed by atoms with van der Waals surface area (Å²) in [6.07, 6.45) is -0.512. The molecule has 3 aromatic rings. The van der Waals surface area contributed by atoms with Crippen molar-refractivity contribution in [3.8, 4) is 17.2 Å². The molecule has 2 heterocycles. The molecule has 3 aromatic carbocycles. The summed E-state index contributed by atoms with van der Waals surface area (Å²) in [4.78, 5) is 17.2. The highest BCUT2D eigenvalue weighted by Crippen LogP contribution is 2.33. The van der Waals surface area contributed by atoms with E-state index < -0.39 is 6.10 Å². The molecule has 0 aliphatic carbocycles. The number of ether oxygens (including phenoxy) is 3. The Bertz CT molecular complexity index is 1090. The minimum Gasteiger partial charge on any atom is -0.481 e. The van der Waals surface area contributed by atoms with Gasteiger partial charge in [0.25, 0.3) is 5.91 Å². The van der Waals surface area contributed by atoms with Crippen molar-refractivity contribution in [3.05, 3.63) is 66.2 Å². The second-order valence-corrected chi connectivity index (χ2v) is 8.06. The zero-order valence-electron chi connectivity index (χ0n) is 17.6. The molecule has 1 atom stereocenters. The number of carbonyl (C=O) groups excluding carboxylic acids is 1. The maximum Gasteiger partial charge on any atom is 0.263 e. The molecule has 5 rings (SSSR count). The van der Waals surface area contributed by atoms with Gasteiger partial charge in [0.2, 0.25) is 6.79 Å². The minimum absolute atomic E-state index is 0.0379. The minimum atomic E-state index is -0.512. The normalized spacial score (nSPS) is 17.0. The molecule has 0 spiro atoms. The van der Waals surface area contributed by atoms with E-state index in [-0.39, 0.29) is 5.91 Å². The fourth-order valence-corrected chi connectivity index (χ4v) is 4.18. The van der Waals surface area contributed by atoms with Crippen LogP contribution in [0.25, 0.3) is 10.8 Å². The molecule has 6 heteroatoms. The molecule has 0 aromatic heterocycles. The molecule has 0 saturated carbocycles. The Hall–Kier alpha value is -3.25. The van der Waals surface area contributed by atoms with Crippen molar-refractivity contribution < 1.29 is 19.0 Å². The van der Waals surface area contributed by atoms with Crippen LogP contribution in [0.3, 0.4) is 0 Å². The van der Waals surface area contributed by atoms with Gasteiger partial charge >= 0.3 is 0 Å². The number of carbonyl (C=O) groups is 1. The first-order chi connectivity index (χ1) is 15.2. The molecule has 160 valence electrons. The Labute approximate surface area is 181 Å². The molecule has 0 N–H and O–H groups in total. The molecule has 31 heavy (non-hydrogen) atoms. The number of hydrogen-bond donors (Lipinski definition) is 0. The van der Waals surface area contributed by atoms with Crippen LogP contribution >= 0.6 is 0 Å². The third kappa shape index (κ3) is 4.30. The van der Waals surface area contributed by atoms with E-state index in [1.807, 2.05) is 60.4 Å². The zero-order valence-corrected chi connectivity index (χ0v) is 17.6. The first-order valence-electron chi connectivity index (χ1n) is 10.7. The fraction of sp³-hybridized carbons (Fsp3) is 0.320. The Morgan fingerprint density at radius 2 is 1.71 bits per heavy atom. The predicted octanol–water partition coefficient (Wildman–Crippen LogP) is 3.68. The number of nitrogens with zero attached hydrogens (tertiary/aromatic N) is 2. The van der Waals surface area contributed by atoms with Crippen LogP contribution in [0.1, 0.15) is 12.5 Å². The summed E-state index contributed by atoms with van der Waals surface area (Å²) in [6, 6.07) is 20.2. The van der Waals surface area contributed by atoms with E-state index in [1.54, 1.807) is 0 Å². The van der Waals surface area contributed by atoms with Crippen molar-refractivity contribution >= 4 is 16.7 Å². The van der Waals surface area contributed by atoms with Gasteiger partial charge in [-0.05, 0) is 47.5 Å². The summed E-state index contributed by atoms with van der Waals surface area (Å²) in [6.45, 7) is 6.03. The van der Waals surface area contributed by atoms with Crippen molar-refractivity contribution in [2.75, 3.05) is 33.0 Å². The first kappa shape index (κ1) is 19.7. The summed E-state index contributed by atoms with van der Waals surface area (Å²) in [5.41, 5.74) is 1.19. The van der Waals surface area contributed by atoms with Gasteiger partial charge in [-0.25, -0.2) is 0 Å². The van der Waals surface area contributed by atoms with E-state index in [2.05, 4.69) is 17.0 Å². The average molecular weight is 418 g/mol. The van der Waals surface area contributed by atoms with Gasteiger partial charge in [0, 0.05) is 32.7 Å². The lowest BCUT2D eigenvalue weighted by Gasteiger charge is -2.36. The Kier molecular flexibility index (Phi) is 5.38. The third-order valence-corrected chi connectivity index (χ3v) is 5.91. The van der Waals surface area contributed by atoms with Crippen molar-refractivity contribution in [2.45, 2.75) is 19.6 Å². The molecule has 0 bridgehead atoms. The third-order valence-electron chi connectivity index (χ3n) is 5.91. The summed E-state index contributed by atoms with van der Waals surface area (Å²) >= 11 is 0. The molecule has 1 saturated heterocycles. The van der Waals surface area contributed by atoms with Crippen LogP contribution in [0.5, 0.6) is 17.2 Å². The molecule has 2 aliphatic heterocycles. The summed E-state index contributed by atoms with van der Waals surface area (Å²) in [5.74, 6) is 2.38. The average Bonchev–Trinajstić information content (AvgIpc) is 3.27. The lowest BCUT2D eigenvalue weighted by atomic mass is 10.1. The Morgan fingerprint density at radius 1 is 0.935 bits per heavy atom. The smallest absolute Gasteiger partial charge is 0.263 e. The molecule has 6 nitrogen and oxygen atoms in total. The highest BCUT2D eigenvalue weighted by molar-refractivity contribution is 5.84. The van der Waals surface area contributed by atoms with Crippen LogP contribution in [-0.4, -0.2) is 54.8 Å². The van der Waals surface area contributed by atoms with Crippen LogP contribution in [0.4, 0.5) is 0 Å². The largest absolute Gasteiger partial charge is 0.481 e. The maximum absolute atomic E-state index is 12.9. The van der Waals surface area contributed by atoms with E-state index >= 15 is 0 Å². The second-order valence-electron chi connectivity index (χ2n) is 8.06. The van der Waals surface area contributed by atoms with Crippen LogP contribution in [0.2, 0.25) is 0 Å². The number of rotatable bonds is 5. The molecule has 0 unspecified atom stereocenters. The summed E-state index contributed by atoms with van der Waals surface area (Å²) in [5, 5.41) is 2.27. The first-order valence-corrected chi connectivity index (χ1v) is 10.7. The molecule has 1 fully saturated rings. The monoisotopic (exact) mass is 418 g/mol. The summed E-state index contributed by atoms with van der Waals surface area (Å²) < 4.78 is 16.8. The fourth-order valence-electron chi connectivity index (χ4n) is 4.18. The SMILES string of the molecule is C[C@H](Oc1ccc2ccccc2c1)C(=O)N1CCN(Cc2ccc3c(c2)OCO3)CC1. The number of amides is 1. The Morgan fingerprint density at radius 3 is 2.55 bits per heavy atom. The van der Waals surface area contributed by atoms with Crippen molar-refractivity contribution in [1.29, 1.82) is 0 Å². The van der Waals surface area contributed by atoms with E-state index in [9.17, 15) is 4.79 Å². The number of piperazine rings is 1. The predicted molar refractivity (Wildman–Crippen MR) is 118 cm³/mol. The molecule has 1 amide bonds. The molecule has 2 aliphatic rings. The van der Waals surface area contributed by atoms with Crippen LogP contribution in [-0.2, 0) is 11.3 Å². The van der Waals surface area contributed by atoms with Gasteiger partial charge in [0.05, 0.1) is 0 Å². The van der Waals surface area contributed by atoms with Gasteiger partial charge in [-0.1, -0.05) is 36.4 Å². The van der Waals surface area contributed by atoms with E-state index in [0.717, 1.165) is 47.7 Å². The number of hydrogen-bond acceptors (Lipinski definition) is 5. The van der Waals surface area contributed by atoms with Crippen LogP contribution in [0.15, 0.2) is 60.7 Å². The van der Waals surface area contributed by atoms with E-state index in [4.69, 9.17) is 14.2 Å². The molecular weight excluding hydrogens is 392 g/mol. The standard InChI is InChI=1S/C25H26N2O4/c1-18(31-22-8-7-20-4-2-3-5-21(20)15-22)25(28)27-12-10-26(11-13-27)16-19-6-9-23-24(14-19)30-17-29-23/h2-9,14-15,18H,10-13,16-17H2,1H3/t18-/m0/s1. The molecular formula is C25H26N2O4. The van der Waals surface area contributed by atoms with E-state index in [1.165, 1.54) is 5.56 Å². The van der Waals surface area contributed by atoms with Gasteiger partial charge in [-0.15, -0.1) is 0 Å². The molecule has 0 radical (unpaired) electrons. The van der Waals surface area contributed by atoms with Gasteiger partial charge in [0.15, 0.2) is 17.6 Å². The van der Waals surface area contributed by atoms with Gasteiger partial charge in [-0.2, -0.15) is 0 Å². The van der Waals surface area contributed by atoms with E-state index in [0.29, 0.717) is 19.9 Å². The van der Waals surface area contributed by atoms with Crippen LogP contribution in [0, 0.1) is 0 Å². The van der Waals surface area contributed by atoms with Crippen molar-refractivity contribution in [2.24, 2.45) is 0 Å². The second kappa shape index (κ2) is 8.47. The van der Waals surface area contributed by atoms with Crippen molar-refractivity contribution in [3.63, 3.8) is 0 Å². The number of benzene rings is 3. The lowest BCUT2D eigenvalue weighted by molar-refractivity contribution is -0.139. The lowest BCUT2D eigenvalue weighted by Crippen LogP contribution is -2.51. The summed E-state index contributed by atoms with van der Waals surface area (Å²) in [7, 11) is 0. The van der Waals surface area contributed by atoms with Crippen molar-refractivity contribution in [1.82, 2.24) is 9.80 Å². The van der Waals surface area contributed by atoms with Gasteiger partial charge in [-0.3, -0.25) is 9.69 Å². The number of fused-ring (bicyclic) bond motifs is 2. The van der Waals surface area contributed by atoms with Crippen LogP contribution < -0.4 is 14.2 Å². The quantitative estimate of drug-likeness (QED) is 0.633. The highest BCUT2D eigenvalue weighted by Gasteiger charge is 2.26. The topological polar surface area (TPSA) is 51.2 Å².